The topological polar surface area (TPSA) is 157 Å². The third-order valence-electron chi connectivity index (χ3n) is 12.0. The molecule has 4 N–H and O–H groups in total. The lowest BCUT2D eigenvalue weighted by atomic mass is 9.98. The standard InChI is InChI=1S/C52H98N6O6/c1-9-11-13-15-17-19-21-23-25-27-29-31-33-35-37-53-45(59)39-43-49(63)58(42-48(62)56-52(6,7)8)44(50(64)57(43)41-47(61)55-51(3,4)5)40-46(60)54-38-36-34-32-30-28-26-24-22-20-18-16-14-12-10-2/h43-44H,9-42H2,1-8H3,(H,53,59)(H,54,60)(H,55,61)(H,56,62)/t43-,44-/m0/s1. The molecular formula is C52H98N6O6. The van der Waals surface area contributed by atoms with Crippen molar-refractivity contribution in [3.05, 3.63) is 0 Å². The van der Waals surface area contributed by atoms with Gasteiger partial charge in [0.1, 0.15) is 25.2 Å². The number of carbonyl (C=O) groups is 6. The number of piperazine rings is 1. The van der Waals surface area contributed by atoms with Crippen LogP contribution in [0.5, 0.6) is 0 Å². The monoisotopic (exact) mass is 903 g/mol. The van der Waals surface area contributed by atoms with Gasteiger partial charge in [-0.25, -0.2) is 0 Å². The van der Waals surface area contributed by atoms with Crippen LogP contribution in [0.1, 0.15) is 248 Å². The van der Waals surface area contributed by atoms with E-state index in [0.29, 0.717) is 13.1 Å². The molecule has 372 valence electrons. The van der Waals surface area contributed by atoms with Crippen molar-refractivity contribution in [1.29, 1.82) is 0 Å². The Morgan fingerprint density at radius 3 is 0.859 bits per heavy atom. The molecule has 12 nitrogen and oxygen atoms in total. The average molecular weight is 903 g/mol. The predicted molar refractivity (Wildman–Crippen MR) is 263 cm³/mol. The van der Waals surface area contributed by atoms with Crippen molar-refractivity contribution in [2.24, 2.45) is 0 Å². The van der Waals surface area contributed by atoms with Crippen molar-refractivity contribution >= 4 is 35.4 Å². The van der Waals surface area contributed by atoms with Crippen LogP contribution in [0.25, 0.3) is 0 Å². The van der Waals surface area contributed by atoms with Gasteiger partial charge in [0.15, 0.2) is 0 Å². The van der Waals surface area contributed by atoms with Gasteiger partial charge in [-0.2, -0.15) is 0 Å². The Bertz CT molecular complexity index is 1210. The normalized spacial score (nSPS) is 15.7. The van der Waals surface area contributed by atoms with E-state index in [-0.39, 0.29) is 12.8 Å². The molecule has 1 heterocycles. The van der Waals surface area contributed by atoms with Crippen molar-refractivity contribution in [3.8, 4) is 0 Å². The highest BCUT2D eigenvalue weighted by Crippen LogP contribution is 2.24. The Labute approximate surface area is 391 Å². The van der Waals surface area contributed by atoms with Gasteiger partial charge in [0.25, 0.3) is 0 Å². The Morgan fingerprint density at radius 2 is 0.625 bits per heavy atom. The molecule has 1 saturated heterocycles. The smallest absolute Gasteiger partial charge is 0.247 e. The van der Waals surface area contributed by atoms with Gasteiger partial charge in [-0.05, 0) is 54.4 Å². The molecule has 1 fully saturated rings. The van der Waals surface area contributed by atoms with Crippen molar-refractivity contribution in [1.82, 2.24) is 31.1 Å². The number of nitrogens with zero attached hydrogens (tertiary/aromatic N) is 2. The van der Waals surface area contributed by atoms with E-state index in [1.54, 1.807) is 0 Å². The first-order chi connectivity index (χ1) is 30.5. The van der Waals surface area contributed by atoms with E-state index in [0.717, 1.165) is 48.3 Å². The highest BCUT2D eigenvalue weighted by molar-refractivity contribution is 6.03. The molecule has 12 heteroatoms. The number of rotatable bonds is 38. The van der Waals surface area contributed by atoms with E-state index in [4.69, 9.17) is 0 Å². The van der Waals surface area contributed by atoms with Crippen molar-refractivity contribution in [2.45, 2.75) is 271 Å². The molecule has 0 aliphatic carbocycles. The number of amides is 6. The molecule has 0 spiro atoms. The maximum atomic E-state index is 14.4. The Balaban J connectivity index is 2.80. The van der Waals surface area contributed by atoms with Crippen molar-refractivity contribution in [3.63, 3.8) is 0 Å². The van der Waals surface area contributed by atoms with Gasteiger partial charge in [-0.1, -0.05) is 181 Å². The van der Waals surface area contributed by atoms with Crippen LogP contribution in [-0.2, 0) is 28.8 Å². The molecule has 0 aromatic heterocycles. The van der Waals surface area contributed by atoms with Crippen molar-refractivity contribution < 1.29 is 28.8 Å². The highest BCUT2D eigenvalue weighted by atomic mass is 16.2. The van der Waals surface area contributed by atoms with E-state index in [9.17, 15) is 28.8 Å². The largest absolute Gasteiger partial charge is 0.356 e. The molecule has 1 rings (SSSR count). The third-order valence-corrected chi connectivity index (χ3v) is 12.0. The first kappa shape index (κ1) is 58.8. The van der Waals surface area contributed by atoms with Crippen LogP contribution in [0.3, 0.4) is 0 Å². The van der Waals surface area contributed by atoms with Crippen LogP contribution in [-0.4, -0.2) is 94.6 Å². The summed E-state index contributed by atoms with van der Waals surface area (Å²) in [5, 5.41) is 11.5. The summed E-state index contributed by atoms with van der Waals surface area (Å²) in [6.07, 6.45) is 33.7. The molecule has 64 heavy (non-hydrogen) atoms. The fourth-order valence-corrected chi connectivity index (χ4v) is 8.54. The molecule has 6 amide bonds. The molecular weight excluding hydrogens is 805 g/mol. The second-order valence-electron chi connectivity index (χ2n) is 20.9. The number of hydrogen-bond donors (Lipinski definition) is 4. The van der Waals surface area contributed by atoms with Crippen molar-refractivity contribution in [2.75, 3.05) is 26.2 Å². The maximum Gasteiger partial charge on any atom is 0.247 e. The van der Waals surface area contributed by atoms with Crippen LogP contribution in [0.15, 0.2) is 0 Å². The maximum absolute atomic E-state index is 14.4. The highest BCUT2D eigenvalue weighted by Gasteiger charge is 2.48. The van der Waals surface area contributed by atoms with E-state index in [1.165, 1.54) is 141 Å². The van der Waals surface area contributed by atoms with E-state index >= 15 is 0 Å². The first-order valence-corrected chi connectivity index (χ1v) is 26.3. The van der Waals surface area contributed by atoms with Crippen LogP contribution < -0.4 is 21.3 Å². The van der Waals surface area contributed by atoms with Crippen LogP contribution in [0.2, 0.25) is 0 Å². The van der Waals surface area contributed by atoms with Gasteiger partial charge >= 0.3 is 0 Å². The Kier molecular flexibility index (Phi) is 32.2. The van der Waals surface area contributed by atoms with E-state index in [2.05, 4.69) is 35.1 Å². The second kappa shape index (κ2) is 35.1. The summed E-state index contributed by atoms with van der Waals surface area (Å²) in [7, 11) is 0. The van der Waals surface area contributed by atoms with Gasteiger partial charge in [0.05, 0.1) is 12.8 Å². The summed E-state index contributed by atoms with van der Waals surface area (Å²) in [6, 6.07) is -2.63. The molecule has 0 saturated carbocycles. The lowest BCUT2D eigenvalue weighted by Gasteiger charge is -2.44. The fraction of sp³-hybridized carbons (Fsp3) is 0.885. The molecule has 1 aliphatic heterocycles. The Morgan fingerprint density at radius 1 is 0.391 bits per heavy atom. The molecule has 0 radical (unpaired) electrons. The summed E-state index contributed by atoms with van der Waals surface area (Å²) in [5.41, 5.74) is -1.21. The lowest BCUT2D eigenvalue weighted by molar-refractivity contribution is -0.166. The van der Waals surface area contributed by atoms with Gasteiger partial charge in [-0.3, -0.25) is 28.8 Å². The molecule has 0 aromatic rings. The van der Waals surface area contributed by atoms with E-state index < -0.39 is 71.7 Å². The van der Waals surface area contributed by atoms with Crippen LogP contribution >= 0.6 is 0 Å². The lowest BCUT2D eigenvalue weighted by Crippen LogP contribution is -2.68. The zero-order chi connectivity index (χ0) is 47.6. The van der Waals surface area contributed by atoms with Gasteiger partial charge in [-0.15, -0.1) is 0 Å². The summed E-state index contributed by atoms with van der Waals surface area (Å²) in [5.74, 6) is -3.06. The average Bonchev–Trinajstić information content (AvgIpc) is 3.21. The number of carbonyl (C=O) groups excluding carboxylic acids is 6. The minimum absolute atomic E-state index is 0.360. The van der Waals surface area contributed by atoms with Gasteiger partial charge in [0, 0.05) is 24.2 Å². The third kappa shape index (κ3) is 30.1. The fourth-order valence-electron chi connectivity index (χ4n) is 8.54. The minimum Gasteiger partial charge on any atom is -0.356 e. The first-order valence-electron chi connectivity index (χ1n) is 26.3. The number of hydrogen-bond acceptors (Lipinski definition) is 6. The molecule has 2 atom stereocenters. The molecule has 0 bridgehead atoms. The minimum atomic E-state index is -1.31. The van der Waals surface area contributed by atoms with Crippen LogP contribution in [0, 0.1) is 0 Å². The quantitative estimate of drug-likeness (QED) is 0.0452. The van der Waals surface area contributed by atoms with Gasteiger partial charge in [0.2, 0.25) is 35.4 Å². The predicted octanol–water partition coefficient (Wildman–Crippen LogP) is 10.2. The van der Waals surface area contributed by atoms with Crippen LogP contribution in [0.4, 0.5) is 0 Å². The summed E-state index contributed by atoms with van der Waals surface area (Å²) in [4.78, 5) is 84.4. The van der Waals surface area contributed by atoms with E-state index in [1.807, 2.05) is 41.5 Å². The number of unbranched alkanes of at least 4 members (excludes halogenated alkanes) is 26. The summed E-state index contributed by atoms with van der Waals surface area (Å²) < 4.78 is 0. The summed E-state index contributed by atoms with van der Waals surface area (Å²) in [6.45, 7) is 15.4. The second-order valence-corrected chi connectivity index (χ2v) is 20.9. The van der Waals surface area contributed by atoms with Gasteiger partial charge < -0.3 is 31.1 Å². The Hall–Kier alpha value is -3.18. The zero-order valence-electron chi connectivity index (χ0n) is 42.5. The molecule has 0 unspecified atom stereocenters. The molecule has 1 aliphatic rings. The number of nitrogens with one attached hydrogen (secondary N) is 4. The SMILES string of the molecule is CCCCCCCCCCCCCCCCNC(=O)C[C@H]1C(=O)N(CC(=O)NC(C)(C)C)[C@@H](CC(=O)NCCCCCCCCCCCCCCCC)C(=O)N1CC(=O)NC(C)(C)C. The zero-order valence-corrected chi connectivity index (χ0v) is 42.5. The summed E-state index contributed by atoms with van der Waals surface area (Å²) >= 11 is 0. The molecule has 0 aromatic carbocycles.